The Hall–Kier alpha value is -0.400. The standard InChI is InChI=1S/C20H36F2/c1-13(2)7-9-15(5)17-11-12-18(20(22)19(17)21)16(6)10-8-14(3)4/h9,13-14,16-20H,7-8,10-12H2,1-6H3/b15-9+. The van der Waals surface area contributed by atoms with Crippen LogP contribution in [0.25, 0.3) is 0 Å². The molecule has 0 spiro atoms. The van der Waals surface area contributed by atoms with Gasteiger partial charge in [-0.3, -0.25) is 0 Å². The van der Waals surface area contributed by atoms with Crippen molar-refractivity contribution in [1.29, 1.82) is 0 Å². The Morgan fingerprint density at radius 3 is 2.14 bits per heavy atom. The quantitative estimate of drug-likeness (QED) is 0.456. The molecule has 0 aromatic rings. The lowest BCUT2D eigenvalue weighted by molar-refractivity contribution is 0.0107. The van der Waals surface area contributed by atoms with E-state index in [1.165, 1.54) is 0 Å². The third kappa shape index (κ3) is 5.66. The monoisotopic (exact) mass is 314 g/mol. The van der Waals surface area contributed by atoms with E-state index in [0.717, 1.165) is 37.7 Å². The van der Waals surface area contributed by atoms with E-state index in [1.54, 1.807) is 0 Å². The van der Waals surface area contributed by atoms with E-state index < -0.39 is 12.3 Å². The Bertz CT molecular complexity index is 346. The molecule has 2 heteroatoms. The topological polar surface area (TPSA) is 0 Å². The van der Waals surface area contributed by atoms with Crippen LogP contribution in [0, 0.1) is 29.6 Å². The number of rotatable bonds is 7. The summed E-state index contributed by atoms with van der Waals surface area (Å²) >= 11 is 0. The maximum absolute atomic E-state index is 14.6. The minimum Gasteiger partial charge on any atom is -0.244 e. The van der Waals surface area contributed by atoms with Gasteiger partial charge in [0, 0.05) is 5.92 Å². The Balaban J connectivity index is 2.62. The van der Waals surface area contributed by atoms with Gasteiger partial charge in [0.25, 0.3) is 0 Å². The van der Waals surface area contributed by atoms with Gasteiger partial charge in [-0.15, -0.1) is 0 Å². The second-order valence-electron chi connectivity index (χ2n) is 8.26. The smallest absolute Gasteiger partial charge is 0.138 e. The average Bonchev–Trinajstić information content (AvgIpc) is 2.44. The highest BCUT2D eigenvalue weighted by atomic mass is 19.2. The maximum atomic E-state index is 14.6. The Morgan fingerprint density at radius 2 is 1.59 bits per heavy atom. The first-order valence-corrected chi connectivity index (χ1v) is 9.18. The first-order chi connectivity index (χ1) is 10.2. The Morgan fingerprint density at radius 1 is 0.955 bits per heavy atom. The SMILES string of the molecule is C/C(=C\CC(C)C)C1CCC(C(C)CCC(C)C)C(F)C1F. The van der Waals surface area contributed by atoms with Crippen LogP contribution in [0.4, 0.5) is 8.78 Å². The van der Waals surface area contributed by atoms with E-state index in [-0.39, 0.29) is 17.8 Å². The second kappa shape index (κ2) is 9.03. The van der Waals surface area contributed by atoms with Crippen LogP contribution in [-0.4, -0.2) is 12.3 Å². The zero-order valence-electron chi connectivity index (χ0n) is 15.4. The molecule has 5 atom stereocenters. The van der Waals surface area contributed by atoms with Crippen LogP contribution in [0.2, 0.25) is 0 Å². The van der Waals surface area contributed by atoms with Gasteiger partial charge in [-0.2, -0.15) is 0 Å². The van der Waals surface area contributed by atoms with Gasteiger partial charge >= 0.3 is 0 Å². The molecule has 1 fully saturated rings. The molecule has 0 aromatic heterocycles. The number of hydrogen-bond donors (Lipinski definition) is 0. The van der Waals surface area contributed by atoms with Crippen molar-refractivity contribution in [3.63, 3.8) is 0 Å². The highest BCUT2D eigenvalue weighted by Crippen LogP contribution is 2.42. The molecule has 130 valence electrons. The molecule has 0 saturated heterocycles. The zero-order chi connectivity index (χ0) is 16.9. The predicted octanol–water partition coefficient (Wildman–Crippen LogP) is 6.75. The zero-order valence-corrected chi connectivity index (χ0v) is 15.4. The van der Waals surface area contributed by atoms with Crippen LogP contribution >= 0.6 is 0 Å². The van der Waals surface area contributed by atoms with E-state index in [9.17, 15) is 8.78 Å². The lowest BCUT2D eigenvalue weighted by Gasteiger charge is -2.38. The molecule has 5 unspecified atom stereocenters. The van der Waals surface area contributed by atoms with Gasteiger partial charge < -0.3 is 0 Å². The van der Waals surface area contributed by atoms with Crippen LogP contribution in [0.1, 0.15) is 73.6 Å². The molecule has 0 bridgehead atoms. The molecular formula is C20H36F2. The summed E-state index contributed by atoms with van der Waals surface area (Å²) in [6, 6.07) is 0. The van der Waals surface area contributed by atoms with Gasteiger partial charge in [0.05, 0.1) is 0 Å². The van der Waals surface area contributed by atoms with E-state index >= 15 is 0 Å². The summed E-state index contributed by atoms with van der Waals surface area (Å²) in [5.41, 5.74) is 1.05. The van der Waals surface area contributed by atoms with Gasteiger partial charge in [-0.25, -0.2) is 8.78 Å². The second-order valence-corrected chi connectivity index (χ2v) is 8.26. The van der Waals surface area contributed by atoms with Crippen LogP contribution < -0.4 is 0 Å². The van der Waals surface area contributed by atoms with Crippen molar-refractivity contribution in [2.24, 2.45) is 29.6 Å². The van der Waals surface area contributed by atoms with Crippen molar-refractivity contribution in [3.05, 3.63) is 11.6 Å². The first-order valence-electron chi connectivity index (χ1n) is 9.18. The molecule has 1 aliphatic carbocycles. The molecule has 0 aliphatic heterocycles. The summed E-state index contributed by atoms with van der Waals surface area (Å²) < 4.78 is 29.2. The molecule has 1 aliphatic rings. The summed E-state index contributed by atoms with van der Waals surface area (Å²) in [5, 5.41) is 0. The highest BCUT2D eigenvalue weighted by Gasteiger charge is 2.42. The fourth-order valence-corrected chi connectivity index (χ4v) is 3.61. The minimum atomic E-state index is -1.32. The normalized spacial score (nSPS) is 31.8. The van der Waals surface area contributed by atoms with Crippen molar-refractivity contribution < 1.29 is 8.78 Å². The summed E-state index contributed by atoms with van der Waals surface area (Å²) in [6.45, 7) is 12.8. The first kappa shape index (κ1) is 19.6. The number of halogens is 2. The maximum Gasteiger partial charge on any atom is 0.138 e. The average molecular weight is 315 g/mol. The van der Waals surface area contributed by atoms with Crippen molar-refractivity contribution >= 4 is 0 Å². The lowest BCUT2D eigenvalue weighted by Crippen LogP contribution is -2.41. The summed E-state index contributed by atoms with van der Waals surface area (Å²) in [7, 11) is 0. The summed E-state index contributed by atoms with van der Waals surface area (Å²) in [4.78, 5) is 0. The van der Waals surface area contributed by atoms with Crippen molar-refractivity contribution in [2.75, 3.05) is 0 Å². The molecule has 0 aromatic carbocycles. The van der Waals surface area contributed by atoms with Crippen LogP contribution in [0.3, 0.4) is 0 Å². The van der Waals surface area contributed by atoms with Crippen LogP contribution in [0.5, 0.6) is 0 Å². The largest absolute Gasteiger partial charge is 0.244 e. The summed E-state index contributed by atoms with van der Waals surface area (Å²) in [5.74, 6) is 1.20. The summed E-state index contributed by atoms with van der Waals surface area (Å²) in [6.07, 6.45) is 4.24. The molecule has 0 nitrogen and oxygen atoms in total. The van der Waals surface area contributed by atoms with Crippen molar-refractivity contribution in [1.82, 2.24) is 0 Å². The molecule has 0 amide bonds. The molecule has 0 heterocycles. The highest BCUT2D eigenvalue weighted by molar-refractivity contribution is 5.10. The molecule has 1 rings (SSSR count). The van der Waals surface area contributed by atoms with E-state index in [1.807, 2.05) is 6.92 Å². The Kier molecular flexibility index (Phi) is 8.07. The van der Waals surface area contributed by atoms with Gasteiger partial charge in [0.2, 0.25) is 0 Å². The third-order valence-electron chi connectivity index (χ3n) is 5.33. The van der Waals surface area contributed by atoms with Crippen molar-refractivity contribution in [2.45, 2.75) is 86.0 Å². The third-order valence-corrected chi connectivity index (χ3v) is 5.33. The van der Waals surface area contributed by atoms with E-state index in [4.69, 9.17) is 0 Å². The minimum absolute atomic E-state index is 0.0945. The number of hydrogen-bond acceptors (Lipinski definition) is 0. The van der Waals surface area contributed by atoms with E-state index in [2.05, 4.69) is 40.7 Å². The predicted molar refractivity (Wildman–Crippen MR) is 92.5 cm³/mol. The van der Waals surface area contributed by atoms with Crippen LogP contribution in [0.15, 0.2) is 11.6 Å². The van der Waals surface area contributed by atoms with Gasteiger partial charge in [0.15, 0.2) is 0 Å². The Labute approximate surface area is 136 Å². The number of alkyl halides is 2. The van der Waals surface area contributed by atoms with Crippen LogP contribution in [-0.2, 0) is 0 Å². The van der Waals surface area contributed by atoms with Gasteiger partial charge in [-0.05, 0) is 49.9 Å². The fourth-order valence-electron chi connectivity index (χ4n) is 3.61. The molecule has 0 radical (unpaired) electrons. The van der Waals surface area contributed by atoms with Gasteiger partial charge in [-0.1, -0.05) is 59.1 Å². The van der Waals surface area contributed by atoms with Gasteiger partial charge in [0.1, 0.15) is 12.3 Å². The molecule has 0 N–H and O–H groups in total. The fraction of sp³-hybridized carbons (Fsp3) is 0.900. The molecule has 22 heavy (non-hydrogen) atoms. The van der Waals surface area contributed by atoms with E-state index in [0.29, 0.717) is 11.8 Å². The number of allylic oxidation sites excluding steroid dienone is 2. The lowest BCUT2D eigenvalue weighted by atomic mass is 9.70. The molecular weight excluding hydrogens is 278 g/mol. The van der Waals surface area contributed by atoms with Crippen molar-refractivity contribution in [3.8, 4) is 0 Å². The molecule has 1 saturated carbocycles.